The number of hydrogen-bond acceptors (Lipinski definition) is 4. The van der Waals surface area contributed by atoms with E-state index in [2.05, 4.69) is 0 Å². The molecule has 7 heteroatoms. The number of hydrogen-bond donors (Lipinski definition) is 0. The molecular formula is C21H18Cl2N2O3. The van der Waals surface area contributed by atoms with Gasteiger partial charge in [-0.15, -0.1) is 0 Å². The average Bonchev–Trinajstić information content (AvgIpc) is 2.61. The van der Waals surface area contributed by atoms with Crippen molar-refractivity contribution in [1.82, 2.24) is 4.90 Å². The molecule has 0 saturated carbocycles. The predicted molar refractivity (Wildman–Crippen MR) is 109 cm³/mol. The topological polar surface area (TPSA) is 70.4 Å². The van der Waals surface area contributed by atoms with Gasteiger partial charge in [-0.05, 0) is 61.4 Å². The van der Waals surface area contributed by atoms with Crippen LogP contribution in [0.25, 0.3) is 5.76 Å². The maximum Gasteiger partial charge on any atom is 0.343 e. The van der Waals surface area contributed by atoms with Crippen molar-refractivity contribution in [2.45, 2.75) is 13.8 Å². The van der Waals surface area contributed by atoms with Crippen LogP contribution in [0.3, 0.4) is 0 Å². The molecular weight excluding hydrogens is 399 g/mol. The fourth-order valence-corrected chi connectivity index (χ4v) is 3.00. The second-order valence-corrected chi connectivity index (χ2v) is 7.20. The van der Waals surface area contributed by atoms with Gasteiger partial charge in [0.1, 0.15) is 6.07 Å². The second kappa shape index (κ2) is 8.92. The van der Waals surface area contributed by atoms with Crippen LogP contribution in [0.1, 0.15) is 27.0 Å². The Labute approximate surface area is 173 Å². The number of nitriles is 1. The SMILES string of the molecule is Cc1cc(Cl)ccc1C(=O)OC(=C(C#N)C(=O)N(C)C)c1ccc(Cl)cc1C. The van der Waals surface area contributed by atoms with E-state index in [1.165, 1.54) is 25.1 Å². The van der Waals surface area contributed by atoms with Crippen molar-refractivity contribution in [3.63, 3.8) is 0 Å². The lowest BCUT2D eigenvalue weighted by Gasteiger charge is -2.16. The average molecular weight is 417 g/mol. The van der Waals surface area contributed by atoms with Gasteiger partial charge in [-0.25, -0.2) is 4.79 Å². The van der Waals surface area contributed by atoms with E-state index in [1.54, 1.807) is 44.2 Å². The van der Waals surface area contributed by atoms with E-state index >= 15 is 0 Å². The summed E-state index contributed by atoms with van der Waals surface area (Å²) in [5, 5.41) is 10.6. The van der Waals surface area contributed by atoms with E-state index in [9.17, 15) is 14.9 Å². The molecule has 5 nitrogen and oxygen atoms in total. The highest BCUT2D eigenvalue weighted by Crippen LogP contribution is 2.28. The lowest BCUT2D eigenvalue weighted by Crippen LogP contribution is -2.24. The molecule has 0 aliphatic heterocycles. The zero-order valence-electron chi connectivity index (χ0n) is 15.8. The zero-order valence-corrected chi connectivity index (χ0v) is 17.4. The minimum absolute atomic E-state index is 0.116. The normalized spacial score (nSPS) is 11.3. The van der Waals surface area contributed by atoms with E-state index in [0.717, 1.165) is 0 Å². The molecule has 2 aromatic rings. The number of amides is 1. The smallest absolute Gasteiger partial charge is 0.343 e. The number of likely N-dealkylation sites (N-methyl/N-ethyl adjacent to an activating group) is 1. The Bertz CT molecular complexity index is 1020. The van der Waals surface area contributed by atoms with E-state index in [4.69, 9.17) is 27.9 Å². The van der Waals surface area contributed by atoms with Crippen molar-refractivity contribution in [2.24, 2.45) is 0 Å². The van der Waals surface area contributed by atoms with Crippen molar-refractivity contribution < 1.29 is 14.3 Å². The first-order valence-electron chi connectivity index (χ1n) is 8.26. The van der Waals surface area contributed by atoms with E-state index in [0.29, 0.717) is 26.7 Å². The van der Waals surface area contributed by atoms with Crippen molar-refractivity contribution >= 4 is 40.8 Å². The molecule has 2 aromatic carbocycles. The molecule has 0 atom stereocenters. The maximum absolute atomic E-state index is 12.8. The minimum Gasteiger partial charge on any atom is -0.421 e. The van der Waals surface area contributed by atoms with Crippen LogP contribution < -0.4 is 0 Å². The third-order valence-electron chi connectivity index (χ3n) is 4.00. The molecule has 0 fully saturated rings. The van der Waals surface area contributed by atoms with Crippen LogP contribution in [0.2, 0.25) is 10.0 Å². The number of nitrogens with zero attached hydrogens (tertiary/aromatic N) is 2. The molecule has 1 amide bonds. The highest BCUT2D eigenvalue weighted by atomic mass is 35.5. The van der Waals surface area contributed by atoms with Crippen LogP contribution >= 0.6 is 23.2 Å². The van der Waals surface area contributed by atoms with Gasteiger partial charge in [0.05, 0.1) is 5.56 Å². The summed E-state index contributed by atoms with van der Waals surface area (Å²) in [6, 6.07) is 11.5. The molecule has 0 spiro atoms. The van der Waals surface area contributed by atoms with Crippen molar-refractivity contribution in [2.75, 3.05) is 14.1 Å². The molecule has 0 aliphatic rings. The summed E-state index contributed by atoms with van der Waals surface area (Å²) in [6.07, 6.45) is 0. The molecule has 0 bridgehead atoms. The summed E-state index contributed by atoms with van der Waals surface area (Å²) < 4.78 is 5.57. The highest BCUT2D eigenvalue weighted by Gasteiger charge is 2.25. The summed E-state index contributed by atoms with van der Waals surface area (Å²) in [7, 11) is 3.02. The van der Waals surface area contributed by atoms with Gasteiger partial charge in [-0.2, -0.15) is 5.26 Å². The molecule has 0 aliphatic carbocycles. The predicted octanol–water partition coefficient (Wildman–Crippen LogP) is 4.79. The van der Waals surface area contributed by atoms with Gasteiger partial charge in [-0.1, -0.05) is 23.2 Å². The summed E-state index contributed by atoms with van der Waals surface area (Å²) >= 11 is 11.9. The molecule has 28 heavy (non-hydrogen) atoms. The van der Waals surface area contributed by atoms with Gasteiger partial charge in [0.2, 0.25) is 0 Å². The second-order valence-electron chi connectivity index (χ2n) is 6.32. The minimum atomic E-state index is -0.696. The third kappa shape index (κ3) is 4.72. The van der Waals surface area contributed by atoms with Crippen molar-refractivity contribution in [3.8, 4) is 6.07 Å². The monoisotopic (exact) mass is 416 g/mol. The lowest BCUT2D eigenvalue weighted by atomic mass is 10.0. The van der Waals surface area contributed by atoms with Crippen LogP contribution in [0.4, 0.5) is 0 Å². The fourth-order valence-electron chi connectivity index (χ4n) is 2.55. The van der Waals surface area contributed by atoms with Crippen LogP contribution in [-0.2, 0) is 9.53 Å². The summed E-state index contributed by atoms with van der Waals surface area (Å²) in [5.41, 5.74) is 1.69. The van der Waals surface area contributed by atoms with E-state index in [-0.39, 0.29) is 16.9 Å². The first kappa shape index (κ1) is 21.5. The van der Waals surface area contributed by atoms with Gasteiger partial charge in [-0.3, -0.25) is 4.79 Å². The standard InChI is InChI=1S/C21H18Cl2N2O3/c1-12-9-14(22)5-7-16(12)19(18(11-24)20(26)25(3)4)28-21(27)17-8-6-15(23)10-13(17)2/h5-10H,1-4H3. The number of ether oxygens (including phenoxy) is 1. The maximum atomic E-state index is 12.8. The quantitative estimate of drug-likeness (QED) is 0.310. The van der Waals surface area contributed by atoms with E-state index in [1.807, 2.05) is 6.07 Å². The first-order valence-corrected chi connectivity index (χ1v) is 9.02. The molecule has 0 heterocycles. The van der Waals surface area contributed by atoms with Crippen molar-refractivity contribution in [1.29, 1.82) is 5.26 Å². The fraction of sp³-hybridized carbons (Fsp3) is 0.190. The highest BCUT2D eigenvalue weighted by molar-refractivity contribution is 6.31. The zero-order chi connectivity index (χ0) is 21.0. The summed E-state index contributed by atoms with van der Waals surface area (Å²) in [6.45, 7) is 3.47. The number of esters is 1. The van der Waals surface area contributed by atoms with Gasteiger partial charge < -0.3 is 9.64 Å². The molecule has 0 aromatic heterocycles. The Morgan fingerprint density at radius 3 is 1.89 bits per heavy atom. The molecule has 144 valence electrons. The Morgan fingerprint density at radius 1 is 0.964 bits per heavy atom. The molecule has 0 unspecified atom stereocenters. The van der Waals surface area contributed by atoms with Crippen molar-refractivity contribution in [3.05, 3.63) is 74.3 Å². The molecule has 0 saturated heterocycles. The third-order valence-corrected chi connectivity index (χ3v) is 4.47. The molecule has 0 N–H and O–H groups in total. The number of rotatable bonds is 4. The molecule has 0 radical (unpaired) electrons. The van der Waals surface area contributed by atoms with Gasteiger partial charge in [0.15, 0.2) is 11.3 Å². The number of carbonyl (C=O) groups excluding carboxylic acids is 2. The lowest BCUT2D eigenvalue weighted by molar-refractivity contribution is -0.124. The van der Waals surface area contributed by atoms with Gasteiger partial charge in [0.25, 0.3) is 5.91 Å². The summed E-state index contributed by atoms with van der Waals surface area (Å²) in [4.78, 5) is 26.5. The van der Waals surface area contributed by atoms with Gasteiger partial charge in [0, 0.05) is 29.7 Å². The Kier molecular flexibility index (Phi) is 6.85. The number of benzene rings is 2. The Hall–Kier alpha value is -2.81. The van der Waals surface area contributed by atoms with Crippen LogP contribution in [0, 0.1) is 25.2 Å². The first-order chi connectivity index (χ1) is 13.1. The Morgan fingerprint density at radius 2 is 1.46 bits per heavy atom. The largest absolute Gasteiger partial charge is 0.421 e. The number of carbonyl (C=O) groups is 2. The van der Waals surface area contributed by atoms with E-state index < -0.39 is 11.9 Å². The number of aryl methyl sites for hydroxylation is 2. The summed E-state index contributed by atoms with van der Waals surface area (Å²) in [5.74, 6) is -1.39. The van der Waals surface area contributed by atoms with Crippen LogP contribution in [-0.4, -0.2) is 30.9 Å². The molecule has 2 rings (SSSR count). The van der Waals surface area contributed by atoms with Crippen LogP contribution in [0.5, 0.6) is 0 Å². The number of halogens is 2. The van der Waals surface area contributed by atoms with Crippen LogP contribution in [0.15, 0.2) is 42.0 Å². The van der Waals surface area contributed by atoms with Gasteiger partial charge >= 0.3 is 5.97 Å². The Balaban J connectivity index is 2.63.